The van der Waals surface area contributed by atoms with Gasteiger partial charge in [0.15, 0.2) is 0 Å². The van der Waals surface area contributed by atoms with E-state index < -0.39 is 0 Å². The van der Waals surface area contributed by atoms with Crippen LogP contribution in [-0.4, -0.2) is 5.38 Å². The first-order chi connectivity index (χ1) is 6.25. The Hall–Kier alpha value is 0.290. The van der Waals surface area contributed by atoms with Gasteiger partial charge in [0.05, 0.1) is 0 Å². The van der Waals surface area contributed by atoms with Crippen molar-refractivity contribution in [3.63, 3.8) is 0 Å². The Morgan fingerprint density at radius 1 is 1.08 bits per heavy atom. The molecule has 2 atom stereocenters. The zero-order valence-corrected chi connectivity index (χ0v) is 9.45. The summed E-state index contributed by atoms with van der Waals surface area (Å²) < 4.78 is 0. The van der Waals surface area contributed by atoms with Crippen molar-refractivity contribution in [2.45, 2.75) is 63.7 Å². The monoisotopic (exact) mass is 200 g/mol. The third kappa shape index (κ3) is 1.75. The lowest BCUT2D eigenvalue weighted by atomic mass is 9.64. The Labute approximate surface area is 87.0 Å². The lowest BCUT2D eigenvalue weighted by molar-refractivity contribution is 0.100. The van der Waals surface area contributed by atoms with Crippen LogP contribution in [0.15, 0.2) is 0 Å². The van der Waals surface area contributed by atoms with Crippen LogP contribution >= 0.6 is 11.6 Å². The van der Waals surface area contributed by atoms with E-state index in [0.717, 1.165) is 5.92 Å². The van der Waals surface area contributed by atoms with E-state index in [1.807, 2.05) is 0 Å². The number of rotatable bonds is 1. The van der Waals surface area contributed by atoms with Crippen LogP contribution < -0.4 is 0 Å². The molecule has 0 aliphatic heterocycles. The lowest BCUT2D eigenvalue weighted by Gasteiger charge is -2.43. The van der Waals surface area contributed by atoms with Crippen LogP contribution in [0.4, 0.5) is 0 Å². The fraction of sp³-hybridized carbons (Fsp3) is 1.00. The number of hydrogen-bond acceptors (Lipinski definition) is 0. The van der Waals surface area contributed by atoms with E-state index in [1.54, 1.807) is 0 Å². The van der Waals surface area contributed by atoms with Gasteiger partial charge in [-0.15, -0.1) is 11.6 Å². The van der Waals surface area contributed by atoms with Crippen molar-refractivity contribution < 1.29 is 0 Å². The molecule has 0 nitrogen and oxygen atoms in total. The van der Waals surface area contributed by atoms with E-state index in [0.29, 0.717) is 10.8 Å². The predicted octanol–water partition coefficient (Wildman–Crippen LogP) is 4.36. The molecule has 2 unspecified atom stereocenters. The quantitative estimate of drug-likeness (QED) is 0.552. The summed E-state index contributed by atoms with van der Waals surface area (Å²) in [7, 11) is 0. The summed E-state index contributed by atoms with van der Waals surface area (Å²) in [6.07, 6.45) is 11.6. The van der Waals surface area contributed by atoms with Gasteiger partial charge in [0.25, 0.3) is 0 Å². The number of halogens is 1. The molecule has 0 bridgehead atoms. The molecule has 2 aliphatic rings. The van der Waals surface area contributed by atoms with Gasteiger partial charge in [-0.25, -0.2) is 0 Å². The predicted molar refractivity (Wildman–Crippen MR) is 58.2 cm³/mol. The average Bonchev–Trinajstić information content (AvgIpc) is 2.54. The summed E-state index contributed by atoms with van der Waals surface area (Å²) in [5, 5.41) is 0.401. The largest absolute Gasteiger partial charge is 0.123 e. The highest BCUT2D eigenvalue weighted by Crippen LogP contribution is 2.54. The molecule has 2 saturated carbocycles. The molecule has 0 N–H and O–H groups in total. The molecular weight excluding hydrogens is 180 g/mol. The topological polar surface area (TPSA) is 0 Å². The zero-order valence-electron chi connectivity index (χ0n) is 8.69. The molecule has 2 rings (SSSR count). The van der Waals surface area contributed by atoms with E-state index >= 15 is 0 Å². The van der Waals surface area contributed by atoms with Crippen molar-refractivity contribution in [2.75, 3.05) is 0 Å². The number of alkyl halides is 1. The molecule has 1 spiro atoms. The molecule has 0 aromatic carbocycles. The van der Waals surface area contributed by atoms with Gasteiger partial charge >= 0.3 is 0 Å². The summed E-state index contributed by atoms with van der Waals surface area (Å²) in [5.41, 5.74) is 0.680. The van der Waals surface area contributed by atoms with Gasteiger partial charge in [0.1, 0.15) is 0 Å². The molecule has 2 aliphatic carbocycles. The molecule has 0 saturated heterocycles. The lowest BCUT2D eigenvalue weighted by Crippen LogP contribution is -2.35. The van der Waals surface area contributed by atoms with E-state index in [4.69, 9.17) is 11.6 Å². The van der Waals surface area contributed by atoms with Gasteiger partial charge in [-0.2, -0.15) is 0 Å². The summed E-state index contributed by atoms with van der Waals surface area (Å²) in [6.45, 7) is 2.21. The minimum absolute atomic E-state index is 0.401. The van der Waals surface area contributed by atoms with Crippen molar-refractivity contribution in [3.8, 4) is 0 Å². The minimum Gasteiger partial charge on any atom is -0.123 e. The molecule has 0 aromatic rings. The van der Waals surface area contributed by atoms with Gasteiger partial charge in [-0.05, 0) is 43.9 Å². The first kappa shape index (κ1) is 9.83. The van der Waals surface area contributed by atoms with Gasteiger partial charge in [0.2, 0.25) is 0 Å². The molecule has 2 fully saturated rings. The standard InChI is InChI=1S/C12H21Cl/c1-10(13)11-6-2-3-7-12(11)8-4-5-9-12/h10-11H,2-9H2,1H3. The Morgan fingerprint density at radius 2 is 1.62 bits per heavy atom. The van der Waals surface area contributed by atoms with Crippen LogP contribution in [0.1, 0.15) is 58.3 Å². The van der Waals surface area contributed by atoms with Gasteiger partial charge in [-0.3, -0.25) is 0 Å². The zero-order chi connectivity index (χ0) is 9.31. The Balaban J connectivity index is 2.12. The molecule has 0 amide bonds. The van der Waals surface area contributed by atoms with E-state index in [2.05, 4.69) is 6.92 Å². The minimum atomic E-state index is 0.401. The highest BCUT2D eigenvalue weighted by atomic mass is 35.5. The fourth-order valence-corrected chi connectivity index (χ4v) is 4.14. The highest BCUT2D eigenvalue weighted by molar-refractivity contribution is 6.20. The molecule has 0 radical (unpaired) electrons. The van der Waals surface area contributed by atoms with E-state index in [1.165, 1.54) is 51.4 Å². The molecule has 13 heavy (non-hydrogen) atoms. The second kappa shape index (κ2) is 3.81. The van der Waals surface area contributed by atoms with Crippen LogP contribution in [0, 0.1) is 11.3 Å². The smallest absolute Gasteiger partial charge is 0.0341 e. The maximum Gasteiger partial charge on any atom is 0.0341 e. The van der Waals surface area contributed by atoms with Crippen LogP contribution in [0.5, 0.6) is 0 Å². The second-order valence-corrected chi connectivity index (χ2v) is 5.79. The normalized spacial score (nSPS) is 35.1. The maximum atomic E-state index is 6.33. The third-order valence-corrected chi connectivity index (χ3v) is 4.68. The van der Waals surface area contributed by atoms with Crippen LogP contribution in [0.3, 0.4) is 0 Å². The Morgan fingerprint density at radius 3 is 2.15 bits per heavy atom. The highest BCUT2D eigenvalue weighted by Gasteiger charge is 2.44. The van der Waals surface area contributed by atoms with Crippen LogP contribution in [0.2, 0.25) is 0 Å². The first-order valence-electron chi connectivity index (χ1n) is 5.89. The molecule has 0 aromatic heterocycles. The van der Waals surface area contributed by atoms with Gasteiger partial charge in [0, 0.05) is 5.38 Å². The SMILES string of the molecule is CC(Cl)C1CCCCC12CCCC2. The number of hydrogen-bond donors (Lipinski definition) is 0. The van der Waals surface area contributed by atoms with Crippen molar-refractivity contribution in [3.05, 3.63) is 0 Å². The molecule has 0 heterocycles. The van der Waals surface area contributed by atoms with Gasteiger partial charge in [-0.1, -0.05) is 25.7 Å². The van der Waals surface area contributed by atoms with Crippen LogP contribution in [-0.2, 0) is 0 Å². The van der Waals surface area contributed by atoms with Crippen molar-refractivity contribution >= 4 is 11.6 Å². The van der Waals surface area contributed by atoms with Crippen molar-refractivity contribution in [2.24, 2.45) is 11.3 Å². The Bertz CT molecular complexity index is 168. The fourth-order valence-electron chi connectivity index (χ4n) is 3.75. The molecule has 76 valence electrons. The summed E-state index contributed by atoms with van der Waals surface area (Å²) >= 11 is 6.33. The van der Waals surface area contributed by atoms with Crippen molar-refractivity contribution in [1.29, 1.82) is 0 Å². The molecule has 1 heteroatoms. The van der Waals surface area contributed by atoms with Crippen molar-refractivity contribution in [1.82, 2.24) is 0 Å². The second-order valence-electron chi connectivity index (χ2n) is 5.10. The summed E-state index contributed by atoms with van der Waals surface area (Å²) in [4.78, 5) is 0. The average molecular weight is 201 g/mol. The maximum absolute atomic E-state index is 6.33. The first-order valence-corrected chi connectivity index (χ1v) is 6.32. The summed E-state index contributed by atoms with van der Waals surface area (Å²) in [5.74, 6) is 0.824. The molecular formula is C12H21Cl. The van der Waals surface area contributed by atoms with E-state index in [9.17, 15) is 0 Å². The third-order valence-electron chi connectivity index (χ3n) is 4.38. The Kier molecular flexibility index (Phi) is 2.88. The van der Waals surface area contributed by atoms with Gasteiger partial charge < -0.3 is 0 Å². The van der Waals surface area contributed by atoms with E-state index in [-0.39, 0.29) is 0 Å². The summed E-state index contributed by atoms with van der Waals surface area (Å²) in [6, 6.07) is 0. The van der Waals surface area contributed by atoms with Crippen LogP contribution in [0.25, 0.3) is 0 Å².